The Morgan fingerprint density at radius 3 is 2.47 bits per heavy atom. The molecule has 0 amide bonds. The Kier molecular flexibility index (Phi) is 3.92. The van der Waals surface area contributed by atoms with Gasteiger partial charge in [-0.25, -0.2) is 4.79 Å². The second-order valence-electron chi connectivity index (χ2n) is 3.76. The third-order valence-corrected chi connectivity index (χ3v) is 2.76. The molecule has 0 aromatic heterocycles. The summed E-state index contributed by atoms with van der Waals surface area (Å²) >= 11 is 5.79. The predicted molar refractivity (Wildman–Crippen MR) is 73.7 cm³/mol. The minimum Gasteiger partial charge on any atom is -0.465 e. The van der Waals surface area contributed by atoms with Crippen molar-refractivity contribution in [2.75, 3.05) is 12.8 Å². The van der Waals surface area contributed by atoms with Crippen LogP contribution in [0.3, 0.4) is 0 Å². The summed E-state index contributed by atoms with van der Waals surface area (Å²) in [5, 5.41) is 0.614. The van der Waals surface area contributed by atoms with Crippen LogP contribution in [0.2, 0.25) is 5.02 Å². The molecular formula is C14H12ClNO3. The second-order valence-corrected chi connectivity index (χ2v) is 4.20. The van der Waals surface area contributed by atoms with Gasteiger partial charge in [-0.15, -0.1) is 0 Å². The number of nitrogens with two attached hydrogens (primary N) is 1. The Balaban J connectivity index is 2.30. The molecule has 0 atom stereocenters. The summed E-state index contributed by atoms with van der Waals surface area (Å²) in [4.78, 5) is 11.5. The molecule has 0 saturated carbocycles. The first-order chi connectivity index (χ1) is 9.11. The number of hydrogen-bond acceptors (Lipinski definition) is 4. The van der Waals surface area contributed by atoms with Crippen molar-refractivity contribution in [2.24, 2.45) is 0 Å². The molecule has 98 valence electrons. The Labute approximate surface area is 115 Å². The van der Waals surface area contributed by atoms with E-state index in [0.29, 0.717) is 16.5 Å². The van der Waals surface area contributed by atoms with Crippen molar-refractivity contribution in [3.63, 3.8) is 0 Å². The van der Waals surface area contributed by atoms with Crippen LogP contribution in [0.15, 0.2) is 42.5 Å². The molecule has 0 bridgehead atoms. The van der Waals surface area contributed by atoms with Gasteiger partial charge in [-0.1, -0.05) is 17.7 Å². The van der Waals surface area contributed by atoms with E-state index >= 15 is 0 Å². The van der Waals surface area contributed by atoms with Crippen molar-refractivity contribution in [2.45, 2.75) is 0 Å². The number of para-hydroxylation sites is 1. The Morgan fingerprint density at radius 1 is 1.16 bits per heavy atom. The molecule has 0 heterocycles. The van der Waals surface area contributed by atoms with E-state index in [0.717, 1.165) is 0 Å². The number of ether oxygens (including phenoxy) is 2. The van der Waals surface area contributed by atoms with Gasteiger partial charge in [0.05, 0.1) is 18.4 Å². The number of anilines is 1. The van der Waals surface area contributed by atoms with Gasteiger partial charge in [0.1, 0.15) is 5.75 Å². The van der Waals surface area contributed by atoms with Crippen LogP contribution in [0.5, 0.6) is 11.5 Å². The third-order valence-electron chi connectivity index (χ3n) is 2.51. The van der Waals surface area contributed by atoms with Crippen molar-refractivity contribution >= 4 is 23.3 Å². The number of carbonyl (C=O) groups is 1. The average Bonchev–Trinajstić information content (AvgIpc) is 2.43. The second kappa shape index (κ2) is 5.63. The largest absolute Gasteiger partial charge is 0.465 e. The van der Waals surface area contributed by atoms with Gasteiger partial charge in [0.25, 0.3) is 0 Å². The number of carbonyl (C=O) groups excluding carboxylic acids is 1. The van der Waals surface area contributed by atoms with Gasteiger partial charge >= 0.3 is 5.97 Å². The number of halogens is 1. The summed E-state index contributed by atoms with van der Waals surface area (Å²) in [7, 11) is 1.30. The van der Waals surface area contributed by atoms with Gasteiger partial charge in [-0.3, -0.25) is 0 Å². The van der Waals surface area contributed by atoms with Crippen LogP contribution in [0.4, 0.5) is 5.69 Å². The summed E-state index contributed by atoms with van der Waals surface area (Å²) in [6.45, 7) is 0. The van der Waals surface area contributed by atoms with Crippen LogP contribution in [0.25, 0.3) is 0 Å². The Hall–Kier alpha value is -2.20. The lowest BCUT2D eigenvalue weighted by molar-refractivity contribution is 0.0601. The van der Waals surface area contributed by atoms with Gasteiger partial charge < -0.3 is 15.2 Å². The number of hydrogen-bond donors (Lipinski definition) is 1. The molecule has 2 aromatic carbocycles. The van der Waals surface area contributed by atoms with Gasteiger partial charge in [0.2, 0.25) is 0 Å². The van der Waals surface area contributed by atoms with Crippen LogP contribution < -0.4 is 10.5 Å². The highest BCUT2D eigenvalue weighted by Crippen LogP contribution is 2.30. The minimum absolute atomic E-state index is 0.240. The first-order valence-electron chi connectivity index (χ1n) is 5.52. The van der Waals surface area contributed by atoms with Gasteiger partial charge in [0, 0.05) is 5.02 Å². The molecule has 0 aliphatic heterocycles. The van der Waals surface area contributed by atoms with Crippen molar-refractivity contribution in [1.29, 1.82) is 0 Å². The van der Waals surface area contributed by atoms with Crippen molar-refractivity contribution in [1.82, 2.24) is 0 Å². The minimum atomic E-state index is -0.501. The number of esters is 1. The highest BCUT2D eigenvalue weighted by Gasteiger charge is 2.13. The highest BCUT2D eigenvalue weighted by atomic mass is 35.5. The van der Waals surface area contributed by atoms with Crippen LogP contribution in [-0.2, 0) is 4.74 Å². The molecule has 0 fully saturated rings. The van der Waals surface area contributed by atoms with Crippen molar-refractivity contribution in [3.8, 4) is 11.5 Å². The summed E-state index contributed by atoms with van der Waals surface area (Å²) in [5.41, 5.74) is 6.40. The zero-order valence-electron chi connectivity index (χ0n) is 10.2. The standard InChI is InChI=1S/C14H12ClNO3/c1-18-14(17)11-3-2-4-12(13(11)16)19-10-7-5-9(15)6-8-10/h2-8H,16H2,1H3. The molecule has 19 heavy (non-hydrogen) atoms. The van der Waals surface area contributed by atoms with Gasteiger partial charge in [-0.05, 0) is 36.4 Å². The number of benzene rings is 2. The van der Waals surface area contributed by atoms with E-state index in [2.05, 4.69) is 4.74 Å². The fraction of sp³-hybridized carbons (Fsp3) is 0.0714. The highest BCUT2D eigenvalue weighted by molar-refractivity contribution is 6.30. The maximum atomic E-state index is 11.5. The molecule has 4 nitrogen and oxygen atoms in total. The lowest BCUT2D eigenvalue weighted by Crippen LogP contribution is -2.06. The van der Waals surface area contributed by atoms with E-state index in [9.17, 15) is 4.79 Å². The Bertz CT molecular complexity index is 596. The quantitative estimate of drug-likeness (QED) is 0.689. The molecule has 5 heteroatoms. The fourth-order valence-electron chi connectivity index (χ4n) is 1.55. The Morgan fingerprint density at radius 2 is 1.84 bits per heavy atom. The van der Waals surface area contributed by atoms with E-state index in [1.54, 1.807) is 42.5 Å². The van der Waals surface area contributed by atoms with Gasteiger partial charge in [-0.2, -0.15) is 0 Å². The van der Waals surface area contributed by atoms with Crippen LogP contribution in [0.1, 0.15) is 10.4 Å². The lowest BCUT2D eigenvalue weighted by atomic mass is 10.1. The molecule has 0 saturated heterocycles. The molecule has 0 radical (unpaired) electrons. The van der Waals surface area contributed by atoms with Crippen LogP contribution >= 0.6 is 11.6 Å². The number of nitrogen functional groups attached to an aromatic ring is 1. The molecule has 0 unspecified atom stereocenters. The molecular weight excluding hydrogens is 266 g/mol. The maximum Gasteiger partial charge on any atom is 0.340 e. The molecule has 2 aromatic rings. The van der Waals surface area contributed by atoms with E-state index in [1.807, 2.05) is 0 Å². The fourth-order valence-corrected chi connectivity index (χ4v) is 1.68. The van der Waals surface area contributed by atoms with E-state index in [4.69, 9.17) is 22.1 Å². The molecule has 2 rings (SSSR count). The molecule has 2 N–H and O–H groups in total. The maximum absolute atomic E-state index is 11.5. The summed E-state index contributed by atoms with van der Waals surface area (Å²) in [6.07, 6.45) is 0. The number of methoxy groups -OCH3 is 1. The van der Waals surface area contributed by atoms with Crippen molar-refractivity contribution < 1.29 is 14.3 Å². The first kappa shape index (κ1) is 13.2. The zero-order chi connectivity index (χ0) is 13.8. The van der Waals surface area contributed by atoms with Gasteiger partial charge in [0.15, 0.2) is 5.75 Å². The first-order valence-corrected chi connectivity index (χ1v) is 5.90. The third kappa shape index (κ3) is 2.98. The molecule has 0 aliphatic rings. The average molecular weight is 278 g/mol. The molecule has 0 aliphatic carbocycles. The predicted octanol–water partition coefficient (Wildman–Crippen LogP) is 3.50. The topological polar surface area (TPSA) is 61.5 Å². The summed E-state index contributed by atoms with van der Waals surface area (Å²) in [5.74, 6) is 0.474. The smallest absolute Gasteiger partial charge is 0.340 e. The molecule has 0 spiro atoms. The van der Waals surface area contributed by atoms with Crippen LogP contribution in [-0.4, -0.2) is 13.1 Å². The van der Waals surface area contributed by atoms with Crippen LogP contribution in [0, 0.1) is 0 Å². The monoisotopic (exact) mass is 277 g/mol. The van der Waals surface area contributed by atoms with E-state index in [-0.39, 0.29) is 11.3 Å². The summed E-state index contributed by atoms with van der Waals surface area (Å²) < 4.78 is 10.3. The SMILES string of the molecule is COC(=O)c1cccc(Oc2ccc(Cl)cc2)c1N. The van der Waals surface area contributed by atoms with E-state index in [1.165, 1.54) is 7.11 Å². The number of rotatable bonds is 3. The van der Waals surface area contributed by atoms with E-state index < -0.39 is 5.97 Å². The van der Waals surface area contributed by atoms with Crippen molar-refractivity contribution in [3.05, 3.63) is 53.1 Å². The normalized spacial score (nSPS) is 10.0. The lowest BCUT2D eigenvalue weighted by Gasteiger charge is -2.11. The summed E-state index contributed by atoms with van der Waals surface area (Å²) in [6, 6.07) is 11.8. The zero-order valence-corrected chi connectivity index (χ0v) is 11.0.